The third-order valence-corrected chi connectivity index (χ3v) is 4.05. The average molecular weight is 346 g/mol. The molecule has 0 atom stereocenters. The summed E-state index contributed by atoms with van der Waals surface area (Å²) in [6.07, 6.45) is 1.01. The molecule has 1 aromatic rings. The molecule has 1 aromatic carbocycles. The third-order valence-electron chi connectivity index (χ3n) is 3.08. The molecule has 0 heterocycles. The highest BCUT2D eigenvalue weighted by Crippen LogP contribution is 2.35. The largest absolute Gasteiger partial charge is 0.534 e. The van der Waals surface area contributed by atoms with Crippen molar-refractivity contribution in [2.75, 3.05) is 0 Å². The second-order valence-corrected chi connectivity index (χ2v) is 6.55. The molecule has 0 unspecified atom stereocenters. The maximum Gasteiger partial charge on any atom is 0.534 e. The van der Waals surface area contributed by atoms with Crippen LogP contribution in [0, 0.1) is 17.6 Å². The normalized spacial score (nSPS) is 22.1. The fourth-order valence-electron chi connectivity index (χ4n) is 1.95. The molecule has 0 radical (unpaired) electrons. The molecule has 0 saturated heterocycles. The summed E-state index contributed by atoms with van der Waals surface area (Å²) in [5, 5.41) is 0. The van der Waals surface area contributed by atoms with Gasteiger partial charge in [0.1, 0.15) is 5.75 Å². The van der Waals surface area contributed by atoms with Crippen molar-refractivity contribution < 1.29 is 39.3 Å². The minimum Gasteiger partial charge on any atom is -0.490 e. The van der Waals surface area contributed by atoms with Gasteiger partial charge in [-0.1, -0.05) is 6.92 Å². The molecule has 4 nitrogen and oxygen atoms in total. The number of ether oxygens (including phenoxy) is 1. The lowest BCUT2D eigenvalue weighted by atomic mass is 9.84. The zero-order valence-electron chi connectivity index (χ0n) is 11.2. The molecule has 0 spiro atoms. The first-order chi connectivity index (χ1) is 9.99. The maximum atomic E-state index is 13.4. The molecular weight excluding hydrogens is 335 g/mol. The predicted molar refractivity (Wildman–Crippen MR) is 64.8 cm³/mol. The average Bonchev–Trinajstić information content (AvgIpc) is 2.31. The molecule has 0 N–H and O–H groups in total. The van der Waals surface area contributed by atoms with Gasteiger partial charge in [0.25, 0.3) is 0 Å². The SMILES string of the molecule is CC1CC(Oc2cc(F)c(F)c(OS(=O)(=O)C(F)(F)F)c2)C1. The number of benzene rings is 1. The topological polar surface area (TPSA) is 52.6 Å². The van der Waals surface area contributed by atoms with Crippen LogP contribution in [0.5, 0.6) is 11.5 Å². The fraction of sp³-hybridized carbons (Fsp3) is 0.500. The Hall–Kier alpha value is -1.58. The van der Waals surface area contributed by atoms with Gasteiger partial charge in [0.2, 0.25) is 5.82 Å². The van der Waals surface area contributed by atoms with E-state index in [0.717, 1.165) is 0 Å². The van der Waals surface area contributed by atoms with E-state index in [1.807, 2.05) is 6.92 Å². The van der Waals surface area contributed by atoms with E-state index < -0.39 is 33.0 Å². The lowest BCUT2D eigenvalue weighted by Crippen LogP contribution is -2.32. The molecule has 1 fully saturated rings. The van der Waals surface area contributed by atoms with Crippen LogP contribution >= 0.6 is 0 Å². The number of rotatable bonds is 4. The Bertz CT molecular complexity index is 665. The Labute approximate surface area is 123 Å². The van der Waals surface area contributed by atoms with Crippen molar-refractivity contribution >= 4 is 10.1 Å². The monoisotopic (exact) mass is 346 g/mol. The molecule has 10 heteroatoms. The van der Waals surface area contributed by atoms with E-state index in [2.05, 4.69) is 4.18 Å². The van der Waals surface area contributed by atoms with E-state index in [1.54, 1.807) is 0 Å². The van der Waals surface area contributed by atoms with Crippen LogP contribution in [0.25, 0.3) is 0 Å². The van der Waals surface area contributed by atoms with Crippen LogP contribution in [0.3, 0.4) is 0 Å². The molecule has 1 saturated carbocycles. The third kappa shape index (κ3) is 3.42. The summed E-state index contributed by atoms with van der Waals surface area (Å²) in [6, 6.07) is 1.19. The standard InChI is InChI=1S/C12H11F5O4S/c1-6-2-7(3-6)20-8-4-9(13)11(14)10(5-8)21-22(18,19)12(15,16)17/h4-7H,2-3H2,1H3. The second-order valence-electron chi connectivity index (χ2n) is 5.02. The molecule has 1 aliphatic rings. The summed E-state index contributed by atoms with van der Waals surface area (Å²) < 4.78 is 93.9. The van der Waals surface area contributed by atoms with Crippen molar-refractivity contribution in [2.24, 2.45) is 5.92 Å². The smallest absolute Gasteiger partial charge is 0.490 e. The molecule has 22 heavy (non-hydrogen) atoms. The van der Waals surface area contributed by atoms with Gasteiger partial charge in [0.15, 0.2) is 11.6 Å². The zero-order valence-corrected chi connectivity index (χ0v) is 12.0. The molecule has 2 rings (SSSR count). The Balaban J connectivity index is 2.25. The van der Waals surface area contributed by atoms with E-state index in [1.165, 1.54) is 0 Å². The van der Waals surface area contributed by atoms with E-state index >= 15 is 0 Å². The van der Waals surface area contributed by atoms with Crippen LogP contribution in [0.1, 0.15) is 19.8 Å². The van der Waals surface area contributed by atoms with E-state index in [4.69, 9.17) is 4.74 Å². The zero-order chi connectivity index (χ0) is 16.7. The number of hydrogen-bond acceptors (Lipinski definition) is 4. The van der Waals surface area contributed by atoms with Crippen LogP contribution in [0.15, 0.2) is 12.1 Å². The first-order valence-electron chi connectivity index (χ1n) is 6.16. The molecule has 0 aromatic heterocycles. The van der Waals surface area contributed by atoms with Crippen molar-refractivity contribution in [3.05, 3.63) is 23.8 Å². The maximum absolute atomic E-state index is 13.4. The summed E-state index contributed by atoms with van der Waals surface area (Å²) in [7, 11) is -6.10. The summed E-state index contributed by atoms with van der Waals surface area (Å²) in [6.45, 7) is 1.94. The lowest BCUT2D eigenvalue weighted by Gasteiger charge is -2.32. The Morgan fingerprint density at radius 1 is 1.18 bits per heavy atom. The van der Waals surface area contributed by atoms with Crippen LogP contribution in [0.2, 0.25) is 0 Å². The highest BCUT2D eigenvalue weighted by molar-refractivity contribution is 7.88. The van der Waals surface area contributed by atoms with Gasteiger partial charge in [-0.25, -0.2) is 4.39 Å². The fourth-order valence-corrected chi connectivity index (χ4v) is 2.40. The van der Waals surface area contributed by atoms with Gasteiger partial charge < -0.3 is 8.92 Å². The summed E-state index contributed by atoms with van der Waals surface area (Å²) in [4.78, 5) is 0. The molecule has 0 aliphatic heterocycles. The van der Waals surface area contributed by atoms with Gasteiger partial charge in [-0.2, -0.15) is 26.0 Å². The summed E-state index contributed by atoms with van der Waals surface area (Å²) in [5.74, 6) is -4.74. The highest BCUT2D eigenvalue weighted by Gasteiger charge is 2.49. The molecular formula is C12H11F5O4S. The number of halogens is 5. The van der Waals surface area contributed by atoms with Gasteiger partial charge in [-0.05, 0) is 18.8 Å². The van der Waals surface area contributed by atoms with Crippen molar-refractivity contribution in [1.82, 2.24) is 0 Å². The van der Waals surface area contributed by atoms with Crippen molar-refractivity contribution in [2.45, 2.75) is 31.4 Å². The predicted octanol–water partition coefficient (Wildman–Crippen LogP) is 3.37. The van der Waals surface area contributed by atoms with Crippen LogP contribution < -0.4 is 8.92 Å². The first-order valence-corrected chi connectivity index (χ1v) is 7.57. The minimum absolute atomic E-state index is 0.285. The highest BCUT2D eigenvalue weighted by atomic mass is 32.2. The summed E-state index contributed by atoms with van der Waals surface area (Å²) >= 11 is 0. The number of hydrogen-bond donors (Lipinski definition) is 0. The van der Waals surface area contributed by atoms with E-state index in [9.17, 15) is 30.4 Å². The second kappa shape index (κ2) is 5.56. The van der Waals surface area contributed by atoms with E-state index in [0.29, 0.717) is 30.9 Å². The van der Waals surface area contributed by atoms with Crippen molar-refractivity contribution in [3.63, 3.8) is 0 Å². The number of alkyl halides is 3. The van der Waals surface area contributed by atoms with E-state index in [-0.39, 0.29) is 11.9 Å². The van der Waals surface area contributed by atoms with Gasteiger partial charge in [0.05, 0.1) is 6.10 Å². The Morgan fingerprint density at radius 2 is 1.77 bits per heavy atom. The lowest BCUT2D eigenvalue weighted by molar-refractivity contribution is -0.0501. The van der Waals surface area contributed by atoms with Gasteiger partial charge in [-0.15, -0.1) is 0 Å². The minimum atomic E-state index is -6.10. The molecule has 124 valence electrons. The van der Waals surface area contributed by atoms with Crippen LogP contribution in [-0.2, 0) is 10.1 Å². The molecule has 0 amide bonds. The molecule has 1 aliphatic carbocycles. The van der Waals surface area contributed by atoms with Crippen LogP contribution in [-0.4, -0.2) is 20.0 Å². The Morgan fingerprint density at radius 3 is 2.27 bits per heavy atom. The van der Waals surface area contributed by atoms with Gasteiger partial charge in [0, 0.05) is 12.1 Å². The summed E-state index contributed by atoms with van der Waals surface area (Å²) in [5.41, 5.74) is -5.75. The van der Waals surface area contributed by atoms with Crippen molar-refractivity contribution in [3.8, 4) is 11.5 Å². The molecule has 0 bridgehead atoms. The van der Waals surface area contributed by atoms with Crippen molar-refractivity contribution in [1.29, 1.82) is 0 Å². The van der Waals surface area contributed by atoms with Crippen LogP contribution in [0.4, 0.5) is 22.0 Å². The first kappa shape index (κ1) is 16.8. The van der Waals surface area contributed by atoms with Gasteiger partial charge in [-0.3, -0.25) is 0 Å². The quantitative estimate of drug-likeness (QED) is 0.477. The van der Waals surface area contributed by atoms with Gasteiger partial charge >= 0.3 is 15.6 Å². The Kier molecular flexibility index (Phi) is 4.24.